The van der Waals surface area contributed by atoms with Gasteiger partial charge in [-0.05, 0) is 43.6 Å². The molecule has 0 unspecified atom stereocenters. The molecule has 1 amide bonds. The van der Waals surface area contributed by atoms with Gasteiger partial charge in [-0.3, -0.25) is 9.20 Å². The lowest BCUT2D eigenvalue weighted by Gasteiger charge is -2.13. The molecule has 0 fully saturated rings. The van der Waals surface area contributed by atoms with Crippen molar-refractivity contribution in [3.05, 3.63) is 77.1 Å². The number of aliphatic hydroxyl groups excluding tert-OH is 1. The summed E-state index contributed by atoms with van der Waals surface area (Å²) in [6.45, 7) is -1.14. The van der Waals surface area contributed by atoms with Crippen LogP contribution in [0.15, 0.2) is 42.6 Å². The van der Waals surface area contributed by atoms with Crippen LogP contribution in [-0.2, 0) is 4.79 Å². The zero-order chi connectivity index (χ0) is 25.7. The van der Waals surface area contributed by atoms with Crippen LogP contribution >= 0.6 is 0 Å². The van der Waals surface area contributed by atoms with Gasteiger partial charge in [0, 0.05) is 21.6 Å². The number of benzene rings is 2. The Hall–Kier alpha value is -3.92. The lowest BCUT2D eigenvalue weighted by atomic mass is 10.1. The molecule has 0 saturated carbocycles. The smallest absolute Gasteiger partial charge is 0.257 e. The normalized spacial score (nSPS) is 14.0. The van der Waals surface area contributed by atoms with Crippen LogP contribution in [0, 0.1) is 31.2 Å². The molecular formula is C22H18F3N5O2. The highest BCUT2D eigenvalue weighted by atomic mass is 19.2. The molecular weight excluding hydrogens is 423 g/mol. The molecule has 0 aliphatic heterocycles. The van der Waals surface area contributed by atoms with Crippen molar-refractivity contribution < 1.29 is 27.2 Å². The van der Waals surface area contributed by atoms with Gasteiger partial charge in [-0.2, -0.15) is 0 Å². The molecule has 0 saturated heterocycles. The summed E-state index contributed by atoms with van der Waals surface area (Å²) < 4.78 is 67.9. The van der Waals surface area contributed by atoms with Crippen LogP contribution in [0.25, 0.3) is 16.8 Å². The molecule has 2 heterocycles. The number of nitrogen functional groups attached to an aromatic ring is 1. The van der Waals surface area contributed by atoms with Crippen molar-refractivity contribution in [3.8, 4) is 11.3 Å². The second kappa shape index (κ2) is 7.97. The van der Waals surface area contributed by atoms with E-state index in [9.17, 15) is 18.7 Å². The first kappa shape index (κ1) is 17.7. The number of carbonyl (C=O) groups is 1. The van der Waals surface area contributed by atoms with Gasteiger partial charge in [0.2, 0.25) is 0 Å². The second-order valence-electron chi connectivity index (χ2n) is 6.99. The number of carbonyl (C=O) groups excluding carboxylic acids is 1. The minimum atomic E-state index is -2.70. The molecule has 0 bridgehead atoms. The van der Waals surface area contributed by atoms with Gasteiger partial charge in [-0.25, -0.2) is 23.1 Å². The predicted octanol–water partition coefficient (Wildman–Crippen LogP) is 3.68. The van der Waals surface area contributed by atoms with Gasteiger partial charge < -0.3 is 16.2 Å². The van der Waals surface area contributed by atoms with E-state index in [0.717, 1.165) is 24.3 Å². The number of aromatic nitrogens is 3. The van der Waals surface area contributed by atoms with Crippen molar-refractivity contribution in [1.82, 2.24) is 14.4 Å². The summed E-state index contributed by atoms with van der Waals surface area (Å²) in [7, 11) is 0. The van der Waals surface area contributed by atoms with E-state index in [-0.39, 0.29) is 22.6 Å². The Morgan fingerprint density at radius 3 is 2.75 bits per heavy atom. The van der Waals surface area contributed by atoms with E-state index in [1.165, 1.54) is 22.7 Å². The summed E-state index contributed by atoms with van der Waals surface area (Å²) in [6.07, 6.45) is -0.525. The third-order valence-electron chi connectivity index (χ3n) is 4.87. The zero-order valence-electron chi connectivity index (χ0n) is 19.5. The van der Waals surface area contributed by atoms with Crippen molar-refractivity contribution in [2.75, 3.05) is 11.1 Å². The molecule has 0 aliphatic rings. The van der Waals surface area contributed by atoms with Gasteiger partial charge in [0.1, 0.15) is 28.7 Å². The minimum Gasteiger partial charge on any atom is -0.382 e. The number of fused-ring (bicyclic) bond motifs is 1. The van der Waals surface area contributed by atoms with Crippen LogP contribution in [0.2, 0.25) is 0 Å². The highest BCUT2D eigenvalue weighted by Gasteiger charge is 2.24. The molecule has 1 atom stereocenters. The van der Waals surface area contributed by atoms with E-state index in [1.807, 2.05) is 0 Å². The molecule has 0 spiro atoms. The van der Waals surface area contributed by atoms with E-state index in [1.54, 1.807) is 6.92 Å². The summed E-state index contributed by atoms with van der Waals surface area (Å²) in [4.78, 5) is 20.3. The van der Waals surface area contributed by atoms with Crippen LogP contribution in [0.4, 0.5) is 24.7 Å². The number of imidazole rings is 1. The summed E-state index contributed by atoms with van der Waals surface area (Å²) in [5.41, 5.74) is 4.90. The molecule has 2 aromatic carbocycles. The van der Waals surface area contributed by atoms with E-state index in [0.29, 0.717) is 5.69 Å². The van der Waals surface area contributed by atoms with Crippen LogP contribution < -0.4 is 11.1 Å². The Labute approximate surface area is 184 Å². The maximum absolute atomic E-state index is 15.2. The van der Waals surface area contributed by atoms with Gasteiger partial charge in [0.05, 0.1) is 5.69 Å². The Morgan fingerprint density at radius 2 is 2.03 bits per heavy atom. The highest BCUT2D eigenvalue weighted by Crippen LogP contribution is 2.33. The molecule has 164 valence electrons. The number of nitrogens with zero attached hydrogens (tertiary/aromatic N) is 3. The number of hydrogen-bond donors (Lipinski definition) is 3. The van der Waals surface area contributed by atoms with Gasteiger partial charge >= 0.3 is 0 Å². The van der Waals surface area contributed by atoms with Crippen molar-refractivity contribution in [2.45, 2.75) is 19.9 Å². The summed E-state index contributed by atoms with van der Waals surface area (Å²) in [5.74, 6) is -5.31. The Kier molecular flexibility index (Phi) is 4.41. The van der Waals surface area contributed by atoms with E-state index in [4.69, 9.17) is 9.85 Å². The average Bonchev–Trinajstić information content (AvgIpc) is 3.21. The summed E-state index contributed by atoms with van der Waals surface area (Å²) >= 11 is 0. The third-order valence-corrected chi connectivity index (χ3v) is 4.87. The van der Waals surface area contributed by atoms with Crippen LogP contribution in [0.3, 0.4) is 0 Å². The van der Waals surface area contributed by atoms with Crippen molar-refractivity contribution >= 4 is 22.9 Å². The first-order chi connectivity index (χ1) is 16.4. The van der Waals surface area contributed by atoms with Gasteiger partial charge in [-0.1, -0.05) is 12.1 Å². The molecule has 32 heavy (non-hydrogen) atoms. The molecule has 7 nitrogen and oxygen atoms in total. The first-order valence-corrected chi connectivity index (χ1v) is 9.27. The Balaban J connectivity index is 1.76. The number of aryl methyl sites for hydroxylation is 2. The SMILES string of the molecule is [2H]C([2H])([2H])c1nc(-c2ccc(NC(=O)[C@H](O)c3cccc(F)c3)c(F)c2F)c2c(N)ncc(C)n12. The van der Waals surface area contributed by atoms with Crippen LogP contribution in [-0.4, -0.2) is 25.4 Å². The Bertz CT molecular complexity index is 1470. The van der Waals surface area contributed by atoms with Crippen LogP contribution in [0.5, 0.6) is 0 Å². The van der Waals surface area contributed by atoms with Gasteiger partial charge in [0.15, 0.2) is 17.7 Å². The molecule has 0 radical (unpaired) electrons. The molecule has 4 rings (SSSR count). The topological polar surface area (TPSA) is 106 Å². The number of rotatable bonds is 4. The van der Waals surface area contributed by atoms with E-state index < -0.39 is 53.4 Å². The standard InChI is InChI=1S/C22H18F3N5O2/c1-10-9-27-21(26)19-18(28-11(2)30(10)19)14-6-7-15(17(25)16(14)24)29-22(32)20(31)12-4-3-5-13(23)8-12/h3-9,20,31H,1-2H3,(H2,26,27)(H,29,32)/t20-/m1/s1/i2D3. The lowest BCUT2D eigenvalue weighted by Crippen LogP contribution is -2.21. The van der Waals surface area contributed by atoms with Crippen LogP contribution in [0.1, 0.15) is 27.3 Å². The van der Waals surface area contributed by atoms with E-state index in [2.05, 4.69) is 15.3 Å². The molecule has 4 N–H and O–H groups in total. The summed E-state index contributed by atoms with van der Waals surface area (Å²) in [5, 5.41) is 12.2. The van der Waals surface area contributed by atoms with Crippen molar-refractivity contribution in [2.24, 2.45) is 0 Å². The van der Waals surface area contributed by atoms with Gasteiger partial charge in [-0.15, -0.1) is 0 Å². The quantitative estimate of drug-likeness (QED) is 0.445. The monoisotopic (exact) mass is 444 g/mol. The highest BCUT2D eigenvalue weighted by molar-refractivity contribution is 5.95. The number of halogens is 3. The minimum absolute atomic E-state index is 0.0206. The first-order valence-electron chi connectivity index (χ1n) is 10.8. The zero-order valence-corrected chi connectivity index (χ0v) is 16.5. The maximum atomic E-state index is 15.2. The second-order valence-corrected chi connectivity index (χ2v) is 6.99. The number of nitrogens with two attached hydrogens (primary N) is 1. The fraction of sp³-hybridized carbons (Fsp3) is 0.136. The molecule has 2 aromatic heterocycles. The van der Waals surface area contributed by atoms with Gasteiger partial charge in [0.25, 0.3) is 5.91 Å². The maximum Gasteiger partial charge on any atom is 0.257 e. The predicted molar refractivity (Wildman–Crippen MR) is 112 cm³/mol. The number of anilines is 2. The number of hydrogen-bond acceptors (Lipinski definition) is 5. The average molecular weight is 444 g/mol. The molecule has 4 aromatic rings. The summed E-state index contributed by atoms with van der Waals surface area (Å²) in [6, 6.07) is 6.71. The van der Waals surface area contributed by atoms with E-state index >= 15 is 4.39 Å². The lowest BCUT2D eigenvalue weighted by molar-refractivity contribution is -0.124. The number of amides is 1. The largest absolute Gasteiger partial charge is 0.382 e. The number of aliphatic hydroxyl groups is 1. The van der Waals surface area contributed by atoms with Crippen molar-refractivity contribution in [3.63, 3.8) is 0 Å². The fourth-order valence-corrected chi connectivity index (χ4v) is 3.33. The molecule has 10 heteroatoms. The third kappa shape index (κ3) is 3.54. The molecule has 0 aliphatic carbocycles. The number of nitrogens with one attached hydrogen (secondary N) is 1. The van der Waals surface area contributed by atoms with Crippen molar-refractivity contribution in [1.29, 1.82) is 0 Å². The fourth-order valence-electron chi connectivity index (χ4n) is 3.33. The Morgan fingerprint density at radius 1 is 1.25 bits per heavy atom.